The SMILES string of the molecule is CCC1=C(c2ncc(-c3ccc(OC)cc3)o2)CN(Cc2ccccc2)CC1. The molecule has 0 bridgehead atoms. The average molecular weight is 374 g/mol. The van der Waals surface area contributed by atoms with Gasteiger partial charge in [-0.3, -0.25) is 4.90 Å². The molecule has 0 fully saturated rings. The lowest BCUT2D eigenvalue weighted by Crippen LogP contribution is -2.30. The number of nitrogens with zero attached hydrogens (tertiary/aromatic N) is 2. The van der Waals surface area contributed by atoms with Crippen molar-refractivity contribution < 1.29 is 9.15 Å². The normalized spacial score (nSPS) is 15.1. The molecule has 0 atom stereocenters. The van der Waals surface area contributed by atoms with Crippen LogP contribution in [0.25, 0.3) is 16.9 Å². The molecule has 2 aromatic carbocycles. The summed E-state index contributed by atoms with van der Waals surface area (Å²) in [5.41, 5.74) is 5.04. The first-order valence-corrected chi connectivity index (χ1v) is 9.84. The number of rotatable bonds is 6. The maximum Gasteiger partial charge on any atom is 0.223 e. The topological polar surface area (TPSA) is 38.5 Å². The zero-order chi connectivity index (χ0) is 19.3. The number of hydrogen-bond donors (Lipinski definition) is 0. The standard InChI is InChI=1S/C24H26N2O2/c1-3-19-13-14-26(16-18-7-5-4-6-8-18)17-22(19)24-25-15-23(28-24)20-9-11-21(27-2)12-10-20/h4-12,15H,3,13-14,16-17H2,1-2H3. The molecule has 0 radical (unpaired) electrons. The van der Waals surface area contributed by atoms with Crippen LogP contribution in [0.3, 0.4) is 0 Å². The van der Waals surface area contributed by atoms with E-state index in [2.05, 4.69) is 47.1 Å². The maximum atomic E-state index is 6.18. The summed E-state index contributed by atoms with van der Waals surface area (Å²) >= 11 is 0. The molecular weight excluding hydrogens is 348 g/mol. The first-order valence-electron chi connectivity index (χ1n) is 9.84. The predicted octanol–water partition coefficient (Wildman–Crippen LogP) is 5.42. The fourth-order valence-corrected chi connectivity index (χ4v) is 3.75. The van der Waals surface area contributed by atoms with E-state index in [0.717, 1.165) is 55.4 Å². The highest BCUT2D eigenvalue weighted by atomic mass is 16.5. The van der Waals surface area contributed by atoms with Gasteiger partial charge in [0.1, 0.15) is 5.75 Å². The smallest absolute Gasteiger partial charge is 0.223 e. The van der Waals surface area contributed by atoms with Crippen LogP contribution in [-0.2, 0) is 6.54 Å². The van der Waals surface area contributed by atoms with Gasteiger partial charge in [-0.05, 0) is 42.7 Å². The second-order valence-electron chi connectivity index (χ2n) is 7.14. The second kappa shape index (κ2) is 8.44. The molecule has 4 nitrogen and oxygen atoms in total. The molecule has 0 saturated heterocycles. The fraction of sp³-hybridized carbons (Fsp3) is 0.292. The average Bonchev–Trinajstić information content (AvgIpc) is 3.25. The minimum absolute atomic E-state index is 0.750. The Hall–Kier alpha value is -2.85. The van der Waals surface area contributed by atoms with Crippen molar-refractivity contribution in [2.75, 3.05) is 20.2 Å². The molecule has 1 aromatic heterocycles. The summed E-state index contributed by atoms with van der Waals surface area (Å²) in [5.74, 6) is 2.38. The van der Waals surface area contributed by atoms with Gasteiger partial charge in [0.25, 0.3) is 0 Å². The van der Waals surface area contributed by atoms with E-state index < -0.39 is 0 Å². The summed E-state index contributed by atoms with van der Waals surface area (Å²) < 4.78 is 11.4. The lowest BCUT2D eigenvalue weighted by atomic mass is 9.97. The van der Waals surface area contributed by atoms with Gasteiger partial charge in [-0.2, -0.15) is 0 Å². The van der Waals surface area contributed by atoms with Crippen LogP contribution in [0.15, 0.2) is 70.8 Å². The largest absolute Gasteiger partial charge is 0.497 e. The Kier molecular flexibility index (Phi) is 5.58. The van der Waals surface area contributed by atoms with Crippen molar-refractivity contribution in [1.82, 2.24) is 9.88 Å². The molecule has 1 aliphatic heterocycles. The number of ether oxygens (including phenoxy) is 1. The molecule has 0 amide bonds. The van der Waals surface area contributed by atoms with E-state index in [1.165, 1.54) is 16.7 Å². The van der Waals surface area contributed by atoms with Crippen LogP contribution in [-0.4, -0.2) is 30.1 Å². The minimum Gasteiger partial charge on any atom is -0.497 e. The third-order valence-electron chi connectivity index (χ3n) is 5.35. The maximum absolute atomic E-state index is 6.18. The van der Waals surface area contributed by atoms with Crippen molar-refractivity contribution >= 4 is 5.57 Å². The summed E-state index contributed by atoms with van der Waals surface area (Å²) in [6, 6.07) is 18.5. The summed E-state index contributed by atoms with van der Waals surface area (Å²) in [6.07, 6.45) is 3.93. The molecule has 0 saturated carbocycles. The van der Waals surface area contributed by atoms with Crippen molar-refractivity contribution in [1.29, 1.82) is 0 Å². The minimum atomic E-state index is 0.750. The van der Waals surface area contributed by atoms with Crippen LogP contribution in [0.2, 0.25) is 0 Å². The first-order chi connectivity index (χ1) is 13.8. The molecule has 28 heavy (non-hydrogen) atoms. The number of hydrogen-bond acceptors (Lipinski definition) is 4. The second-order valence-corrected chi connectivity index (χ2v) is 7.14. The highest BCUT2D eigenvalue weighted by Gasteiger charge is 2.23. The Morgan fingerprint density at radius 1 is 1.07 bits per heavy atom. The quantitative estimate of drug-likeness (QED) is 0.577. The van der Waals surface area contributed by atoms with Gasteiger partial charge in [-0.15, -0.1) is 0 Å². The van der Waals surface area contributed by atoms with E-state index in [1.54, 1.807) is 7.11 Å². The zero-order valence-electron chi connectivity index (χ0n) is 16.5. The lowest BCUT2D eigenvalue weighted by Gasteiger charge is -2.29. The Morgan fingerprint density at radius 2 is 1.86 bits per heavy atom. The molecule has 3 aromatic rings. The monoisotopic (exact) mass is 374 g/mol. The van der Waals surface area contributed by atoms with Gasteiger partial charge in [0, 0.05) is 30.8 Å². The Labute approximate surface area is 166 Å². The van der Waals surface area contributed by atoms with Gasteiger partial charge in [0.15, 0.2) is 5.76 Å². The van der Waals surface area contributed by atoms with E-state index in [1.807, 2.05) is 30.5 Å². The summed E-state index contributed by atoms with van der Waals surface area (Å²) in [4.78, 5) is 7.09. The molecule has 1 aliphatic rings. The van der Waals surface area contributed by atoms with E-state index >= 15 is 0 Å². The highest BCUT2D eigenvalue weighted by Crippen LogP contribution is 2.31. The van der Waals surface area contributed by atoms with Crippen LogP contribution in [0.4, 0.5) is 0 Å². The summed E-state index contributed by atoms with van der Waals surface area (Å²) in [6.45, 7) is 5.12. The van der Waals surface area contributed by atoms with Crippen molar-refractivity contribution in [2.24, 2.45) is 0 Å². The molecule has 4 heteroatoms. The van der Waals surface area contributed by atoms with Gasteiger partial charge >= 0.3 is 0 Å². The van der Waals surface area contributed by atoms with Crippen molar-refractivity contribution in [2.45, 2.75) is 26.3 Å². The molecule has 2 heterocycles. The molecule has 0 N–H and O–H groups in total. The third kappa shape index (κ3) is 4.02. The van der Waals surface area contributed by atoms with E-state index in [0.29, 0.717) is 0 Å². The highest BCUT2D eigenvalue weighted by molar-refractivity contribution is 5.67. The Morgan fingerprint density at radius 3 is 2.57 bits per heavy atom. The van der Waals surface area contributed by atoms with Crippen LogP contribution in [0, 0.1) is 0 Å². The molecule has 144 valence electrons. The van der Waals surface area contributed by atoms with Crippen molar-refractivity contribution in [3.05, 3.63) is 77.8 Å². The number of aromatic nitrogens is 1. The van der Waals surface area contributed by atoms with E-state index in [9.17, 15) is 0 Å². The zero-order valence-corrected chi connectivity index (χ0v) is 16.5. The van der Waals surface area contributed by atoms with Crippen LogP contribution in [0.5, 0.6) is 5.75 Å². The third-order valence-corrected chi connectivity index (χ3v) is 5.35. The Balaban J connectivity index is 1.55. The van der Waals surface area contributed by atoms with E-state index in [4.69, 9.17) is 9.15 Å². The fourth-order valence-electron chi connectivity index (χ4n) is 3.75. The lowest BCUT2D eigenvalue weighted by molar-refractivity contribution is 0.288. The predicted molar refractivity (Wildman–Crippen MR) is 112 cm³/mol. The van der Waals surface area contributed by atoms with Gasteiger partial charge < -0.3 is 9.15 Å². The molecule has 0 aliphatic carbocycles. The van der Waals surface area contributed by atoms with Crippen molar-refractivity contribution in [3.8, 4) is 17.1 Å². The molecule has 4 rings (SSSR count). The van der Waals surface area contributed by atoms with E-state index in [-0.39, 0.29) is 0 Å². The Bertz CT molecular complexity index is 942. The first kappa shape index (κ1) is 18.5. The molecule has 0 spiro atoms. The van der Waals surface area contributed by atoms with Crippen LogP contribution in [0.1, 0.15) is 31.2 Å². The number of methoxy groups -OCH3 is 1. The molecule has 0 unspecified atom stereocenters. The van der Waals surface area contributed by atoms with Gasteiger partial charge in [-0.25, -0.2) is 4.98 Å². The number of benzene rings is 2. The molecular formula is C24H26N2O2. The van der Waals surface area contributed by atoms with Gasteiger partial charge in [-0.1, -0.05) is 42.8 Å². The summed E-state index contributed by atoms with van der Waals surface area (Å²) in [7, 11) is 1.67. The van der Waals surface area contributed by atoms with Crippen LogP contribution >= 0.6 is 0 Å². The van der Waals surface area contributed by atoms with Crippen LogP contribution < -0.4 is 4.74 Å². The van der Waals surface area contributed by atoms with Gasteiger partial charge in [0.05, 0.1) is 13.3 Å². The van der Waals surface area contributed by atoms with Crippen molar-refractivity contribution in [3.63, 3.8) is 0 Å². The van der Waals surface area contributed by atoms with Gasteiger partial charge in [0.2, 0.25) is 5.89 Å². The summed E-state index contributed by atoms with van der Waals surface area (Å²) in [5, 5.41) is 0. The number of oxazole rings is 1.